The highest BCUT2D eigenvalue weighted by molar-refractivity contribution is 5.79. The van der Waals surface area contributed by atoms with Crippen LogP contribution in [0.25, 0.3) is 11.1 Å². The topological polar surface area (TPSA) is 20.2 Å². The van der Waals surface area contributed by atoms with Gasteiger partial charge in [-0.3, -0.25) is 0 Å². The lowest BCUT2D eigenvalue weighted by molar-refractivity contribution is 0.0153. The quantitative estimate of drug-likeness (QED) is 0.812. The molecule has 0 saturated heterocycles. The molecule has 2 aromatic carbocycles. The van der Waals surface area contributed by atoms with Gasteiger partial charge in [0.25, 0.3) is 0 Å². The summed E-state index contributed by atoms with van der Waals surface area (Å²) in [6.07, 6.45) is 3.19. The smallest absolute Gasteiger partial charge is 0.0656 e. The molecule has 0 amide bonds. The number of benzene rings is 2. The van der Waals surface area contributed by atoms with E-state index in [9.17, 15) is 5.11 Å². The summed E-state index contributed by atoms with van der Waals surface area (Å²) in [5, 5.41) is 10.8. The Morgan fingerprint density at radius 1 is 0.950 bits per heavy atom. The third-order valence-electron chi connectivity index (χ3n) is 5.28. The fourth-order valence-corrected chi connectivity index (χ4v) is 4.33. The van der Waals surface area contributed by atoms with Gasteiger partial charge in [-0.2, -0.15) is 0 Å². The number of rotatable bonds is 1. The summed E-state index contributed by atoms with van der Waals surface area (Å²) in [5.41, 5.74) is 4.99. The molecule has 0 aliphatic heterocycles. The van der Waals surface area contributed by atoms with Crippen LogP contribution in [-0.2, 0) is 0 Å². The van der Waals surface area contributed by atoms with Gasteiger partial charge in [0.15, 0.2) is 0 Å². The second kappa shape index (κ2) is 4.20. The highest BCUT2D eigenvalue weighted by Gasteiger charge is 2.45. The molecule has 1 heteroatoms. The highest BCUT2D eigenvalue weighted by Crippen LogP contribution is 2.54. The minimum atomic E-state index is -0.533. The fraction of sp³-hybridized carbons (Fsp3) is 0.368. The average Bonchev–Trinajstić information content (AvgIpc) is 2.96. The number of aliphatic hydroxyl groups is 1. The van der Waals surface area contributed by atoms with Gasteiger partial charge in [-0.05, 0) is 47.9 Å². The van der Waals surface area contributed by atoms with Crippen molar-refractivity contribution in [2.45, 2.75) is 37.7 Å². The van der Waals surface area contributed by atoms with Crippen molar-refractivity contribution in [3.63, 3.8) is 0 Å². The molecule has 102 valence electrons. The van der Waals surface area contributed by atoms with Crippen LogP contribution in [-0.4, -0.2) is 10.7 Å². The zero-order valence-corrected chi connectivity index (χ0v) is 11.8. The normalized spacial score (nSPS) is 28.4. The molecular formula is C19H20O. The Labute approximate surface area is 120 Å². The Morgan fingerprint density at radius 2 is 1.50 bits per heavy atom. The Balaban J connectivity index is 1.92. The SMILES string of the molecule is CC1(O)CCCC1C1c2ccccc2-c2ccccc21. The maximum Gasteiger partial charge on any atom is 0.0656 e. The zero-order valence-electron chi connectivity index (χ0n) is 11.8. The standard InChI is InChI=1S/C19H20O/c1-19(20)12-6-11-17(19)18-15-9-4-2-7-13(15)14-8-3-5-10-16(14)18/h2-5,7-10,17-18,20H,6,11-12H2,1H3. The molecule has 0 aromatic heterocycles. The van der Waals surface area contributed by atoms with Crippen molar-refractivity contribution >= 4 is 0 Å². The summed E-state index contributed by atoms with van der Waals surface area (Å²) in [4.78, 5) is 0. The Morgan fingerprint density at radius 3 is 2.00 bits per heavy atom. The van der Waals surface area contributed by atoms with Crippen LogP contribution >= 0.6 is 0 Å². The van der Waals surface area contributed by atoms with E-state index in [1.54, 1.807) is 0 Å². The van der Waals surface area contributed by atoms with Crippen molar-refractivity contribution in [3.8, 4) is 11.1 Å². The first-order valence-electron chi connectivity index (χ1n) is 7.59. The first-order chi connectivity index (χ1) is 9.68. The van der Waals surface area contributed by atoms with Crippen molar-refractivity contribution in [1.29, 1.82) is 0 Å². The van der Waals surface area contributed by atoms with Crippen LogP contribution in [0.15, 0.2) is 48.5 Å². The van der Waals surface area contributed by atoms with Gasteiger partial charge < -0.3 is 5.11 Å². The molecule has 1 N–H and O–H groups in total. The van der Waals surface area contributed by atoms with E-state index < -0.39 is 5.60 Å². The van der Waals surface area contributed by atoms with Gasteiger partial charge >= 0.3 is 0 Å². The minimum Gasteiger partial charge on any atom is -0.390 e. The summed E-state index contributed by atoms with van der Waals surface area (Å²) < 4.78 is 0. The molecule has 0 heterocycles. The minimum absolute atomic E-state index is 0.340. The highest BCUT2D eigenvalue weighted by atomic mass is 16.3. The summed E-state index contributed by atoms with van der Waals surface area (Å²) in [5.74, 6) is 0.701. The number of hydrogen-bond acceptors (Lipinski definition) is 1. The molecule has 2 atom stereocenters. The van der Waals surface area contributed by atoms with Gasteiger partial charge in [-0.15, -0.1) is 0 Å². The molecule has 2 unspecified atom stereocenters. The predicted molar refractivity (Wildman–Crippen MR) is 81.7 cm³/mol. The lowest BCUT2D eigenvalue weighted by Gasteiger charge is -2.32. The molecule has 2 aliphatic rings. The molecule has 1 saturated carbocycles. The number of hydrogen-bond donors (Lipinski definition) is 1. The summed E-state index contributed by atoms with van der Waals surface area (Å²) >= 11 is 0. The van der Waals surface area contributed by atoms with E-state index in [2.05, 4.69) is 48.5 Å². The van der Waals surface area contributed by atoms with Gasteiger partial charge in [0.2, 0.25) is 0 Å². The number of fused-ring (bicyclic) bond motifs is 3. The van der Waals surface area contributed by atoms with Gasteiger partial charge in [0, 0.05) is 5.92 Å². The summed E-state index contributed by atoms with van der Waals surface area (Å²) in [6, 6.07) is 17.4. The first-order valence-corrected chi connectivity index (χ1v) is 7.59. The zero-order chi connectivity index (χ0) is 13.7. The van der Waals surface area contributed by atoms with Crippen LogP contribution in [0.5, 0.6) is 0 Å². The van der Waals surface area contributed by atoms with E-state index in [1.807, 2.05) is 6.92 Å². The fourth-order valence-electron chi connectivity index (χ4n) is 4.33. The van der Waals surface area contributed by atoms with Crippen LogP contribution in [0.1, 0.15) is 43.2 Å². The van der Waals surface area contributed by atoms with Crippen molar-refractivity contribution in [2.24, 2.45) is 5.92 Å². The lowest BCUT2D eigenvalue weighted by Crippen LogP contribution is -2.33. The molecule has 1 fully saturated rings. The largest absolute Gasteiger partial charge is 0.390 e. The lowest BCUT2D eigenvalue weighted by atomic mass is 9.76. The molecule has 20 heavy (non-hydrogen) atoms. The molecule has 4 rings (SSSR count). The second-order valence-electron chi connectivity index (χ2n) is 6.51. The van der Waals surface area contributed by atoms with Gasteiger partial charge in [0.1, 0.15) is 0 Å². The third kappa shape index (κ3) is 1.59. The monoisotopic (exact) mass is 264 g/mol. The Kier molecular flexibility index (Phi) is 2.55. The molecule has 2 aliphatic carbocycles. The molecule has 0 spiro atoms. The van der Waals surface area contributed by atoms with Gasteiger partial charge in [-0.25, -0.2) is 0 Å². The molecular weight excluding hydrogens is 244 g/mol. The van der Waals surface area contributed by atoms with E-state index >= 15 is 0 Å². The maximum absolute atomic E-state index is 10.8. The summed E-state index contributed by atoms with van der Waals surface area (Å²) in [6.45, 7) is 2.02. The van der Waals surface area contributed by atoms with Crippen molar-refractivity contribution in [3.05, 3.63) is 59.7 Å². The molecule has 0 bridgehead atoms. The Bertz CT molecular complexity index is 611. The molecule has 1 nitrogen and oxygen atoms in total. The van der Waals surface area contributed by atoms with Gasteiger partial charge in [-0.1, -0.05) is 55.0 Å². The van der Waals surface area contributed by atoms with E-state index in [0.29, 0.717) is 11.8 Å². The van der Waals surface area contributed by atoms with Crippen LogP contribution < -0.4 is 0 Å². The van der Waals surface area contributed by atoms with Crippen molar-refractivity contribution in [2.75, 3.05) is 0 Å². The van der Waals surface area contributed by atoms with E-state index in [4.69, 9.17) is 0 Å². The Hall–Kier alpha value is -1.60. The van der Waals surface area contributed by atoms with Crippen LogP contribution in [0.4, 0.5) is 0 Å². The van der Waals surface area contributed by atoms with Gasteiger partial charge in [0.05, 0.1) is 5.60 Å². The molecule has 2 aromatic rings. The van der Waals surface area contributed by atoms with E-state index in [0.717, 1.165) is 19.3 Å². The summed E-state index contributed by atoms with van der Waals surface area (Å²) in [7, 11) is 0. The van der Waals surface area contributed by atoms with Crippen LogP contribution in [0, 0.1) is 5.92 Å². The molecule has 0 radical (unpaired) electrons. The van der Waals surface area contributed by atoms with E-state index in [1.165, 1.54) is 22.3 Å². The van der Waals surface area contributed by atoms with Crippen LogP contribution in [0.2, 0.25) is 0 Å². The van der Waals surface area contributed by atoms with Crippen LogP contribution in [0.3, 0.4) is 0 Å². The third-order valence-corrected chi connectivity index (χ3v) is 5.28. The van der Waals surface area contributed by atoms with Crippen molar-refractivity contribution in [1.82, 2.24) is 0 Å². The average molecular weight is 264 g/mol. The van der Waals surface area contributed by atoms with E-state index in [-0.39, 0.29) is 0 Å². The maximum atomic E-state index is 10.8. The van der Waals surface area contributed by atoms with Crippen molar-refractivity contribution < 1.29 is 5.11 Å². The first kappa shape index (κ1) is 12.2. The second-order valence-corrected chi connectivity index (χ2v) is 6.51. The predicted octanol–water partition coefficient (Wildman–Crippen LogP) is 4.35.